The van der Waals surface area contributed by atoms with Gasteiger partial charge in [-0.3, -0.25) is 14.4 Å². The monoisotopic (exact) mass is 419 g/mol. The molecule has 4 N–H and O–H groups in total. The number of hydrogen-bond donors (Lipinski definition) is 4. The molecule has 160 valence electrons. The third-order valence-electron chi connectivity index (χ3n) is 5.29. The molecule has 0 unspecified atom stereocenters. The average molecular weight is 419 g/mol. The van der Waals surface area contributed by atoms with Crippen LogP contribution in [0.4, 0.5) is 5.69 Å². The van der Waals surface area contributed by atoms with Gasteiger partial charge in [0.1, 0.15) is 11.9 Å². The van der Waals surface area contributed by atoms with Crippen LogP contribution in [0.1, 0.15) is 41.9 Å². The molecule has 2 aromatic carbocycles. The standard InChI is InChI=1S/C23H25N5O3/c29-21(14-19-23(31)27-16-9-4-3-8-15(16)22(30)28-19)24-13-7-1-2-12-20-25-17-10-5-6-11-18(17)26-20/h3-6,8-11,19H,1-2,7,12-14H2,(H,24,29)(H,25,26)(H,27,31)(H,28,30)/t19-/m1/s1. The summed E-state index contributed by atoms with van der Waals surface area (Å²) >= 11 is 0. The van der Waals surface area contributed by atoms with Gasteiger partial charge in [-0.05, 0) is 37.1 Å². The lowest BCUT2D eigenvalue weighted by atomic mass is 10.1. The van der Waals surface area contributed by atoms with Crippen LogP contribution >= 0.6 is 0 Å². The van der Waals surface area contributed by atoms with E-state index in [1.165, 1.54) is 0 Å². The van der Waals surface area contributed by atoms with Crippen molar-refractivity contribution in [3.8, 4) is 0 Å². The number of imidazole rings is 1. The van der Waals surface area contributed by atoms with Crippen LogP contribution in [0.2, 0.25) is 0 Å². The minimum absolute atomic E-state index is 0.0927. The summed E-state index contributed by atoms with van der Waals surface area (Å²) in [5.74, 6) is -0.0401. The number of amides is 3. The zero-order valence-corrected chi connectivity index (χ0v) is 17.1. The maximum Gasteiger partial charge on any atom is 0.254 e. The van der Waals surface area contributed by atoms with Crippen LogP contribution in [0, 0.1) is 0 Å². The van der Waals surface area contributed by atoms with Crippen molar-refractivity contribution in [2.24, 2.45) is 0 Å². The van der Waals surface area contributed by atoms with Gasteiger partial charge in [-0.2, -0.15) is 0 Å². The van der Waals surface area contributed by atoms with Gasteiger partial charge in [-0.15, -0.1) is 0 Å². The van der Waals surface area contributed by atoms with E-state index in [1.54, 1.807) is 24.3 Å². The molecule has 1 atom stereocenters. The lowest BCUT2D eigenvalue weighted by Gasteiger charge is -2.14. The summed E-state index contributed by atoms with van der Waals surface area (Å²) in [5, 5.41) is 8.17. The number of fused-ring (bicyclic) bond motifs is 2. The molecule has 8 heteroatoms. The van der Waals surface area contributed by atoms with E-state index in [-0.39, 0.29) is 24.1 Å². The van der Waals surface area contributed by atoms with Gasteiger partial charge in [0, 0.05) is 13.0 Å². The molecule has 31 heavy (non-hydrogen) atoms. The van der Waals surface area contributed by atoms with Crippen molar-refractivity contribution < 1.29 is 14.4 Å². The zero-order chi connectivity index (χ0) is 21.6. The molecule has 0 saturated heterocycles. The maximum atomic E-state index is 12.4. The summed E-state index contributed by atoms with van der Waals surface area (Å²) in [4.78, 5) is 44.8. The van der Waals surface area contributed by atoms with Crippen LogP contribution in [0.3, 0.4) is 0 Å². The molecule has 0 radical (unpaired) electrons. The average Bonchev–Trinajstić information content (AvgIpc) is 3.14. The molecule has 0 aliphatic carbocycles. The van der Waals surface area contributed by atoms with Crippen LogP contribution in [0.15, 0.2) is 48.5 Å². The van der Waals surface area contributed by atoms with Crippen LogP contribution in [-0.4, -0.2) is 40.3 Å². The van der Waals surface area contributed by atoms with Gasteiger partial charge in [0.05, 0.1) is 28.7 Å². The lowest BCUT2D eigenvalue weighted by molar-refractivity contribution is -0.125. The van der Waals surface area contributed by atoms with Crippen LogP contribution in [0.5, 0.6) is 0 Å². The number of carbonyl (C=O) groups excluding carboxylic acids is 3. The lowest BCUT2D eigenvalue weighted by Crippen LogP contribution is -2.44. The fourth-order valence-electron chi connectivity index (χ4n) is 3.66. The Balaban J connectivity index is 1.16. The molecule has 8 nitrogen and oxygen atoms in total. The highest BCUT2D eigenvalue weighted by Gasteiger charge is 2.29. The smallest absolute Gasteiger partial charge is 0.254 e. The van der Waals surface area contributed by atoms with Gasteiger partial charge < -0.3 is 20.9 Å². The third-order valence-corrected chi connectivity index (χ3v) is 5.29. The van der Waals surface area contributed by atoms with Crippen LogP contribution in [0.25, 0.3) is 11.0 Å². The number of carbonyl (C=O) groups is 3. The summed E-state index contributed by atoms with van der Waals surface area (Å²) in [7, 11) is 0. The van der Waals surface area contributed by atoms with E-state index in [1.807, 2.05) is 24.3 Å². The largest absolute Gasteiger partial charge is 0.356 e. The molecule has 4 rings (SSSR count). The Labute approximate surface area is 179 Å². The van der Waals surface area contributed by atoms with Crippen LogP contribution < -0.4 is 16.0 Å². The van der Waals surface area contributed by atoms with E-state index in [0.717, 1.165) is 42.5 Å². The Bertz CT molecular complexity index is 1070. The summed E-state index contributed by atoms with van der Waals surface area (Å²) in [6, 6.07) is 13.8. The zero-order valence-electron chi connectivity index (χ0n) is 17.1. The first-order chi connectivity index (χ1) is 15.1. The molecule has 0 saturated carbocycles. The number of aromatic amines is 1. The molecule has 1 aliphatic rings. The molecule has 0 bridgehead atoms. The topological polar surface area (TPSA) is 116 Å². The fraction of sp³-hybridized carbons (Fsp3) is 0.304. The number of nitrogens with one attached hydrogen (secondary N) is 4. The second kappa shape index (κ2) is 9.42. The first-order valence-electron chi connectivity index (χ1n) is 10.5. The van der Waals surface area contributed by atoms with Gasteiger partial charge in [-0.25, -0.2) is 4.98 Å². The van der Waals surface area contributed by atoms with Crippen LogP contribution in [-0.2, 0) is 16.0 Å². The van der Waals surface area contributed by atoms with Crippen molar-refractivity contribution in [2.45, 2.75) is 38.1 Å². The number of H-pyrrole nitrogens is 1. The Morgan fingerprint density at radius 3 is 2.68 bits per heavy atom. The van der Waals surface area contributed by atoms with Gasteiger partial charge >= 0.3 is 0 Å². The van der Waals surface area contributed by atoms with E-state index >= 15 is 0 Å². The highest BCUT2D eigenvalue weighted by atomic mass is 16.2. The van der Waals surface area contributed by atoms with E-state index in [2.05, 4.69) is 25.9 Å². The molecular weight excluding hydrogens is 394 g/mol. The van der Waals surface area contributed by atoms with Crippen molar-refractivity contribution in [1.82, 2.24) is 20.6 Å². The third kappa shape index (κ3) is 5.09. The number of para-hydroxylation sites is 3. The van der Waals surface area contributed by atoms with Gasteiger partial charge in [0.15, 0.2) is 0 Å². The van der Waals surface area contributed by atoms with E-state index in [0.29, 0.717) is 17.8 Å². The predicted octanol–water partition coefficient (Wildman–Crippen LogP) is 2.53. The molecular formula is C23H25N5O3. The van der Waals surface area contributed by atoms with Crippen molar-refractivity contribution >= 4 is 34.4 Å². The molecule has 0 spiro atoms. The number of benzene rings is 2. The SMILES string of the molecule is O=C(C[C@H]1NC(=O)c2ccccc2NC1=O)NCCCCCc1nc2ccccc2[nH]1. The van der Waals surface area contributed by atoms with Gasteiger partial charge in [-0.1, -0.05) is 30.7 Å². The highest BCUT2D eigenvalue weighted by Crippen LogP contribution is 2.18. The minimum atomic E-state index is -0.895. The molecule has 1 aliphatic heterocycles. The number of hydrogen-bond acceptors (Lipinski definition) is 4. The van der Waals surface area contributed by atoms with E-state index in [9.17, 15) is 14.4 Å². The second-order valence-electron chi connectivity index (χ2n) is 7.63. The minimum Gasteiger partial charge on any atom is -0.356 e. The summed E-state index contributed by atoms with van der Waals surface area (Å²) in [6.45, 7) is 0.529. The Morgan fingerprint density at radius 1 is 1.00 bits per heavy atom. The Morgan fingerprint density at radius 2 is 1.81 bits per heavy atom. The van der Waals surface area contributed by atoms with Crippen molar-refractivity contribution in [2.75, 3.05) is 11.9 Å². The number of aryl methyl sites for hydroxylation is 1. The molecule has 1 aromatic heterocycles. The quantitative estimate of drug-likeness (QED) is 0.420. The summed E-state index contributed by atoms with van der Waals surface area (Å²) in [6.07, 6.45) is 3.52. The number of rotatable bonds is 8. The number of unbranched alkanes of at least 4 members (excludes halogenated alkanes) is 2. The second-order valence-corrected chi connectivity index (χ2v) is 7.63. The van der Waals surface area contributed by atoms with Crippen molar-refractivity contribution in [3.05, 3.63) is 59.9 Å². The summed E-state index contributed by atoms with van der Waals surface area (Å²) < 4.78 is 0. The molecule has 3 aromatic rings. The Hall–Kier alpha value is -3.68. The van der Waals surface area contributed by atoms with Crippen molar-refractivity contribution in [1.29, 1.82) is 0 Å². The number of anilines is 1. The number of aromatic nitrogens is 2. The first-order valence-corrected chi connectivity index (χ1v) is 10.5. The normalized spacial score (nSPS) is 15.7. The molecule has 0 fully saturated rings. The molecule has 3 amide bonds. The Kier molecular flexibility index (Phi) is 6.26. The molecule has 2 heterocycles. The van der Waals surface area contributed by atoms with Gasteiger partial charge in [0.2, 0.25) is 11.8 Å². The van der Waals surface area contributed by atoms with Crippen molar-refractivity contribution in [3.63, 3.8) is 0 Å². The number of nitrogens with zero attached hydrogens (tertiary/aromatic N) is 1. The maximum absolute atomic E-state index is 12.4. The van der Waals surface area contributed by atoms with Gasteiger partial charge in [0.25, 0.3) is 5.91 Å². The summed E-state index contributed by atoms with van der Waals surface area (Å²) in [5.41, 5.74) is 2.87. The van der Waals surface area contributed by atoms with E-state index in [4.69, 9.17) is 0 Å². The predicted molar refractivity (Wildman–Crippen MR) is 118 cm³/mol. The first kappa shape index (κ1) is 20.6. The van der Waals surface area contributed by atoms with E-state index < -0.39 is 6.04 Å². The highest BCUT2D eigenvalue weighted by molar-refractivity contribution is 6.10. The fourth-order valence-corrected chi connectivity index (χ4v) is 3.66.